The normalized spacial score (nSPS) is 15.2. The summed E-state index contributed by atoms with van der Waals surface area (Å²) in [4.78, 5) is 25.4. The molecule has 1 atom stereocenters. The number of hydrogen-bond acceptors (Lipinski definition) is 9. The van der Waals surface area contributed by atoms with Crippen molar-refractivity contribution in [3.05, 3.63) is 84.2 Å². The Bertz CT molecular complexity index is 1380. The highest BCUT2D eigenvalue weighted by molar-refractivity contribution is 5.85. The number of hydrogen-bond donors (Lipinski definition) is 2. The van der Waals surface area contributed by atoms with Gasteiger partial charge < -0.3 is 19.9 Å². The molecule has 2 N–H and O–H groups in total. The van der Waals surface area contributed by atoms with E-state index in [0.29, 0.717) is 5.69 Å². The Labute approximate surface area is 221 Å². The van der Waals surface area contributed by atoms with Crippen LogP contribution >= 0.6 is 0 Å². The van der Waals surface area contributed by atoms with Crippen molar-refractivity contribution in [3.63, 3.8) is 0 Å². The molecule has 1 amide bonds. The highest BCUT2D eigenvalue weighted by atomic mass is 16.6. The van der Waals surface area contributed by atoms with Gasteiger partial charge in [0.2, 0.25) is 5.88 Å². The lowest BCUT2D eigenvalue weighted by atomic mass is 10.1. The molecule has 1 aliphatic heterocycles. The summed E-state index contributed by atoms with van der Waals surface area (Å²) in [6.07, 6.45) is 2.49. The Morgan fingerprint density at radius 3 is 2.26 bits per heavy atom. The van der Waals surface area contributed by atoms with Crippen LogP contribution in [0.1, 0.15) is 18.1 Å². The maximum Gasteiger partial charge on any atom is 0.418 e. The number of carbonyl (C=O) groups excluding carboxylic acids is 1. The summed E-state index contributed by atoms with van der Waals surface area (Å²) in [7, 11) is 0. The van der Waals surface area contributed by atoms with Crippen molar-refractivity contribution in [2.75, 3.05) is 40.1 Å². The molecule has 4 aromatic rings. The zero-order chi connectivity index (χ0) is 26.5. The second-order valence-electron chi connectivity index (χ2n) is 9.20. The van der Waals surface area contributed by atoms with E-state index < -0.39 is 6.09 Å². The number of aromatic nitrogens is 4. The van der Waals surface area contributed by atoms with Crippen LogP contribution in [0, 0.1) is 13.8 Å². The largest absolute Gasteiger partial charge is 0.418 e. The van der Waals surface area contributed by atoms with Crippen LogP contribution < -0.4 is 25.2 Å². The number of carbonyl (C=O) groups is 1. The molecule has 38 heavy (non-hydrogen) atoms. The fourth-order valence-electron chi connectivity index (χ4n) is 4.43. The van der Waals surface area contributed by atoms with Gasteiger partial charge in [-0.15, -0.1) is 10.2 Å². The molecule has 10 heteroatoms. The van der Waals surface area contributed by atoms with E-state index in [4.69, 9.17) is 4.74 Å². The Balaban J connectivity index is 1.20. The van der Waals surface area contributed by atoms with Gasteiger partial charge in [0.15, 0.2) is 11.6 Å². The van der Waals surface area contributed by atoms with Gasteiger partial charge >= 0.3 is 6.09 Å². The van der Waals surface area contributed by atoms with E-state index in [9.17, 15) is 4.79 Å². The first kappa shape index (κ1) is 24.9. The lowest BCUT2D eigenvalue weighted by Crippen LogP contribution is -2.53. The number of benzene rings is 2. The topological polar surface area (TPSA) is 108 Å². The summed E-state index contributed by atoms with van der Waals surface area (Å²) in [5, 5.41) is 15.1. The molecule has 1 saturated heterocycles. The van der Waals surface area contributed by atoms with Gasteiger partial charge in [0.1, 0.15) is 5.82 Å². The lowest BCUT2D eigenvalue weighted by molar-refractivity contribution is 0.213. The van der Waals surface area contributed by atoms with Crippen LogP contribution in [0.25, 0.3) is 0 Å². The van der Waals surface area contributed by atoms with Gasteiger partial charge in [-0.1, -0.05) is 36.4 Å². The standard InChI is InChI=1S/C28H30N8O2/c1-19-18-35(27-21(3)20(2)26(33-34-27)31-22-10-6-4-7-11-22)14-15-36(19)24-16-30-25(17-29-24)38-28(37)32-23-12-8-5-9-13-23/h4-13,16-17,19H,14-15,18H2,1-3H3,(H,31,33)(H,32,37)/t19-/m1/s1. The molecule has 10 nitrogen and oxygen atoms in total. The predicted molar refractivity (Wildman–Crippen MR) is 148 cm³/mol. The highest BCUT2D eigenvalue weighted by Crippen LogP contribution is 2.28. The van der Waals surface area contributed by atoms with E-state index in [1.807, 2.05) is 48.5 Å². The maximum absolute atomic E-state index is 12.1. The molecule has 2 aromatic carbocycles. The number of amides is 1. The van der Waals surface area contributed by atoms with Crippen LogP contribution in [0.4, 0.5) is 33.6 Å². The zero-order valence-electron chi connectivity index (χ0n) is 21.6. The molecule has 0 radical (unpaired) electrons. The zero-order valence-corrected chi connectivity index (χ0v) is 21.6. The minimum absolute atomic E-state index is 0.138. The number of nitrogens with zero attached hydrogens (tertiary/aromatic N) is 6. The van der Waals surface area contributed by atoms with E-state index in [2.05, 4.69) is 61.4 Å². The number of para-hydroxylation sites is 2. The summed E-state index contributed by atoms with van der Waals surface area (Å²) < 4.78 is 5.26. The smallest absolute Gasteiger partial charge is 0.389 e. The monoisotopic (exact) mass is 510 g/mol. The minimum atomic E-state index is -0.614. The molecule has 5 rings (SSSR count). The van der Waals surface area contributed by atoms with Gasteiger partial charge in [0.05, 0.1) is 12.4 Å². The first-order valence-electron chi connectivity index (χ1n) is 12.5. The molecular formula is C28H30N8O2. The van der Waals surface area contributed by atoms with Crippen LogP contribution in [0.3, 0.4) is 0 Å². The molecule has 0 aliphatic carbocycles. The van der Waals surface area contributed by atoms with E-state index in [-0.39, 0.29) is 11.9 Å². The van der Waals surface area contributed by atoms with Gasteiger partial charge in [-0.2, -0.15) is 0 Å². The van der Waals surface area contributed by atoms with Gasteiger partial charge in [0, 0.05) is 48.2 Å². The Kier molecular flexibility index (Phi) is 7.30. The van der Waals surface area contributed by atoms with Crippen molar-refractivity contribution in [3.8, 4) is 5.88 Å². The summed E-state index contributed by atoms with van der Waals surface area (Å²) in [5.74, 6) is 2.53. The number of anilines is 5. The molecule has 0 spiro atoms. The Hall–Kier alpha value is -4.73. The fraction of sp³-hybridized carbons (Fsp3) is 0.250. The van der Waals surface area contributed by atoms with Crippen LogP contribution in [0.5, 0.6) is 5.88 Å². The minimum Gasteiger partial charge on any atom is -0.389 e. The number of nitrogens with one attached hydrogen (secondary N) is 2. The van der Waals surface area contributed by atoms with Crippen molar-refractivity contribution in [2.24, 2.45) is 0 Å². The third-order valence-corrected chi connectivity index (χ3v) is 6.59. The molecule has 0 unspecified atom stereocenters. The molecule has 194 valence electrons. The van der Waals surface area contributed by atoms with Gasteiger partial charge in [0.25, 0.3) is 0 Å². The molecule has 1 fully saturated rings. The average Bonchev–Trinajstić information content (AvgIpc) is 2.93. The van der Waals surface area contributed by atoms with Crippen LogP contribution in [0.2, 0.25) is 0 Å². The van der Waals surface area contributed by atoms with E-state index in [0.717, 1.165) is 53.9 Å². The molecule has 0 bridgehead atoms. The summed E-state index contributed by atoms with van der Waals surface area (Å²) in [5.41, 5.74) is 3.81. The second kappa shape index (κ2) is 11.1. The van der Waals surface area contributed by atoms with Crippen LogP contribution in [0.15, 0.2) is 73.1 Å². The van der Waals surface area contributed by atoms with Crippen molar-refractivity contribution in [1.82, 2.24) is 20.2 Å². The SMILES string of the molecule is Cc1c(Nc2ccccc2)nnc(N2CCN(c3cnc(OC(=O)Nc4ccccc4)cn3)[C@H](C)C2)c1C. The predicted octanol–water partition coefficient (Wildman–Crippen LogP) is 4.95. The van der Waals surface area contributed by atoms with Gasteiger partial charge in [-0.05, 0) is 45.0 Å². The van der Waals surface area contributed by atoms with Crippen LogP contribution in [-0.4, -0.2) is 51.9 Å². The molecule has 0 saturated carbocycles. The van der Waals surface area contributed by atoms with Crippen molar-refractivity contribution >= 4 is 34.9 Å². The first-order chi connectivity index (χ1) is 18.5. The Morgan fingerprint density at radius 2 is 1.61 bits per heavy atom. The summed E-state index contributed by atoms with van der Waals surface area (Å²) in [6.45, 7) is 8.58. The Morgan fingerprint density at radius 1 is 0.895 bits per heavy atom. The third kappa shape index (κ3) is 5.64. The van der Waals surface area contributed by atoms with E-state index >= 15 is 0 Å². The van der Waals surface area contributed by atoms with Crippen molar-refractivity contribution in [1.29, 1.82) is 0 Å². The summed E-state index contributed by atoms with van der Waals surface area (Å²) in [6, 6.07) is 19.2. The fourth-order valence-corrected chi connectivity index (χ4v) is 4.43. The molecule has 2 aromatic heterocycles. The molecular weight excluding hydrogens is 480 g/mol. The van der Waals surface area contributed by atoms with E-state index in [1.54, 1.807) is 18.3 Å². The van der Waals surface area contributed by atoms with Crippen molar-refractivity contribution in [2.45, 2.75) is 26.8 Å². The number of ether oxygens (including phenoxy) is 1. The van der Waals surface area contributed by atoms with Gasteiger partial charge in [-0.25, -0.2) is 14.8 Å². The third-order valence-electron chi connectivity index (χ3n) is 6.59. The number of piperazine rings is 1. The quantitative estimate of drug-likeness (QED) is 0.372. The average molecular weight is 511 g/mol. The molecule has 1 aliphatic rings. The van der Waals surface area contributed by atoms with E-state index in [1.165, 1.54) is 6.20 Å². The maximum atomic E-state index is 12.1. The van der Waals surface area contributed by atoms with Gasteiger partial charge in [-0.3, -0.25) is 5.32 Å². The second-order valence-corrected chi connectivity index (χ2v) is 9.20. The number of rotatable bonds is 6. The summed E-state index contributed by atoms with van der Waals surface area (Å²) >= 11 is 0. The first-order valence-corrected chi connectivity index (χ1v) is 12.5. The lowest BCUT2D eigenvalue weighted by Gasteiger charge is -2.41. The highest BCUT2D eigenvalue weighted by Gasteiger charge is 2.27. The van der Waals surface area contributed by atoms with Crippen LogP contribution in [-0.2, 0) is 0 Å². The molecule has 3 heterocycles. The van der Waals surface area contributed by atoms with Crippen molar-refractivity contribution < 1.29 is 9.53 Å².